The fraction of sp³-hybridized carbons (Fsp3) is 0.625. The number of aliphatic hydroxyl groups is 1. The Balaban J connectivity index is 1.30. The number of aliphatic hydroxyl groups excluding tert-OH is 1. The van der Waals surface area contributed by atoms with Gasteiger partial charge in [0, 0.05) is 36.1 Å². The molecule has 0 bridgehead atoms. The minimum absolute atomic E-state index is 0.153. The van der Waals surface area contributed by atoms with Gasteiger partial charge in [0.15, 0.2) is 0 Å². The predicted octanol–water partition coefficient (Wildman–Crippen LogP) is 2.81. The van der Waals surface area contributed by atoms with E-state index in [2.05, 4.69) is 34.1 Å². The molecule has 6 rings (SSSR count). The highest BCUT2D eigenvalue weighted by Gasteiger charge is 2.50. The van der Waals surface area contributed by atoms with Crippen LogP contribution in [0.2, 0.25) is 0 Å². The van der Waals surface area contributed by atoms with Gasteiger partial charge in [0.1, 0.15) is 6.10 Å². The lowest BCUT2D eigenvalue weighted by atomic mass is 9.65. The van der Waals surface area contributed by atoms with Gasteiger partial charge in [0.05, 0.1) is 31.3 Å². The van der Waals surface area contributed by atoms with Crippen molar-refractivity contribution < 1.29 is 19.4 Å². The Labute approximate surface area is 176 Å². The molecule has 1 aromatic heterocycles. The number of esters is 1. The molecule has 0 unspecified atom stereocenters. The van der Waals surface area contributed by atoms with Gasteiger partial charge in [-0.25, -0.2) is 0 Å². The van der Waals surface area contributed by atoms with E-state index in [1.807, 2.05) is 0 Å². The minimum atomic E-state index is -0.599. The minimum Gasteiger partial charge on any atom is -0.460 e. The molecule has 6 nitrogen and oxygen atoms in total. The number of carbonyl (C=O) groups is 1. The Morgan fingerprint density at radius 2 is 2.13 bits per heavy atom. The van der Waals surface area contributed by atoms with Crippen molar-refractivity contribution in [2.75, 3.05) is 26.3 Å². The second-order valence-electron chi connectivity index (χ2n) is 9.58. The first-order valence-corrected chi connectivity index (χ1v) is 11.5. The summed E-state index contributed by atoms with van der Waals surface area (Å²) >= 11 is 0. The Hall–Kier alpha value is -1.89. The van der Waals surface area contributed by atoms with Gasteiger partial charge in [0.2, 0.25) is 0 Å². The van der Waals surface area contributed by atoms with Crippen LogP contribution in [-0.4, -0.2) is 59.5 Å². The summed E-state index contributed by atoms with van der Waals surface area (Å²) in [5, 5.41) is 12.1. The van der Waals surface area contributed by atoms with E-state index in [4.69, 9.17) is 9.47 Å². The van der Waals surface area contributed by atoms with Gasteiger partial charge < -0.3 is 19.6 Å². The summed E-state index contributed by atoms with van der Waals surface area (Å²) in [6, 6.07) is 8.83. The van der Waals surface area contributed by atoms with Crippen molar-refractivity contribution in [3.8, 4) is 0 Å². The van der Waals surface area contributed by atoms with E-state index < -0.39 is 12.0 Å². The first-order valence-electron chi connectivity index (χ1n) is 11.5. The second-order valence-corrected chi connectivity index (χ2v) is 9.58. The summed E-state index contributed by atoms with van der Waals surface area (Å²) in [6.07, 6.45) is 3.67. The van der Waals surface area contributed by atoms with Crippen molar-refractivity contribution in [1.29, 1.82) is 0 Å². The summed E-state index contributed by atoms with van der Waals surface area (Å²) in [6.45, 7) is 3.21. The van der Waals surface area contributed by atoms with E-state index >= 15 is 0 Å². The van der Waals surface area contributed by atoms with Gasteiger partial charge in [0.25, 0.3) is 0 Å². The van der Waals surface area contributed by atoms with E-state index in [1.54, 1.807) is 0 Å². The van der Waals surface area contributed by atoms with Gasteiger partial charge >= 0.3 is 5.97 Å². The molecule has 3 fully saturated rings. The smallest absolute Gasteiger partial charge is 0.312 e. The lowest BCUT2D eigenvalue weighted by Crippen LogP contribution is -2.53. The number of hydrogen-bond acceptors (Lipinski definition) is 5. The van der Waals surface area contributed by atoms with Crippen LogP contribution in [0.5, 0.6) is 0 Å². The Morgan fingerprint density at radius 3 is 3.00 bits per heavy atom. The van der Waals surface area contributed by atoms with Crippen molar-refractivity contribution in [2.24, 2.45) is 17.8 Å². The van der Waals surface area contributed by atoms with Crippen LogP contribution < -0.4 is 0 Å². The summed E-state index contributed by atoms with van der Waals surface area (Å²) in [5.74, 6) is -0.00905. The number of para-hydroxylation sites is 1. The second kappa shape index (κ2) is 7.36. The standard InChI is InChI=1S/C24H30N2O4/c27-21-6-5-14-12-26-9-7-17-16-3-1-2-4-19(16)25-23(17)20(26)11-18(14)22(21)24(28)30-15-8-10-29-13-15/h1-4,14-15,18,20-22,25,27H,5-13H2/t14-,15-,18-,20-,21-,22+/m0/s1. The Morgan fingerprint density at radius 1 is 1.23 bits per heavy atom. The van der Waals surface area contributed by atoms with Crippen LogP contribution >= 0.6 is 0 Å². The van der Waals surface area contributed by atoms with Gasteiger partial charge in [-0.3, -0.25) is 9.69 Å². The van der Waals surface area contributed by atoms with Gasteiger partial charge in [-0.05, 0) is 49.1 Å². The first-order chi connectivity index (χ1) is 14.7. The van der Waals surface area contributed by atoms with E-state index in [1.165, 1.54) is 22.2 Å². The van der Waals surface area contributed by atoms with Crippen LogP contribution in [0.25, 0.3) is 10.9 Å². The van der Waals surface area contributed by atoms with Crippen LogP contribution in [0.4, 0.5) is 0 Å². The van der Waals surface area contributed by atoms with Crippen molar-refractivity contribution in [3.05, 3.63) is 35.5 Å². The number of piperidine rings is 1. The van der Waals surface area contributed by atoms with Crippen LogP contribution in [-0.2, 0) is 20.7 Å². The van der Waals surface area contributed by atoms with Crippen LogP contribution in [0.15, 0.2) is 24.3 Å². The lowest BCUT2D eigenvalue weighted by Gasteiger charge is -2.51. The molecule has 0 amide bonds. The maximum atomic E-state index is 13.1. The molecule has 0 spiro atoms. The van der Waals surface area contributed by atoms with Crippen LogP contribution in [0, 0.1) is 17.8 Å². The van der Waals surface area contributed by atoms with E-state index in [0.29, 0.717) is 25.6 Å². The maximum Gasteiger partial charge on any atom is 0.312 e. The van der Waals surface area contributed by atoms with Crippen molar-refractivity contribution >= 4 is 16.9 Å². The number of H-pyrrole nitrogens is 1. The highest BCUT2D eigenvalue weighted by molar-refractivity contribution is 5.85. The van der Waals surface area contributed by atoms with Crippen LogP contribution in [0.3, 0.4) is 0 Å². The van der Waals surface area contributed by atoms with Gasteiger partial charge in [-0.2, -0.15) is 0 Å². The molecule has 3 aliphatic heterocycles. The third kappa shape index (κ3) is 3.00. The monoisotopic (exact) mass is 410 g/mol. The summed E-state index contributed by atoms with van der Waals surface area (Å²) in [7, 11) is 0. The zero-order valence-corrected chi connectivity index (χ0v) is 17.3. The number of ether oxygens (including phenoxy) is 2. The Bertz CT molecular complexity index is 950. The molecule has 1 aromatic carbocycles. The van der Waals surface area contributed by atoms with Crippen molar-refractivity contribution in [1.82, 2.24) is 9.88 Å². The SMILES string of the molecule is O=C(O[C@H]1CCOC1)[C@@H]1[C@H]2C[C@H]3c4[nH]c5ccccc5c4CCN3C[C@@H]2CC[C@@H]1O. The molecule has 1 saturated carbocycles. The maximum absolute atomic E-state index is 13.1. The molecule has 1 aliphatic carbocycles. The highest BCUT2D eigenvalue weighted by atomic mass is 16.6. The molecule has 4 heterocycles. The summed E-state index contributed by atoms with van der Waals surface area (Å²) in [4.78, 5) is 19.4. The number of rotatable bonds is 2. The van der Waals surface area contributed by atoms with E-state index in [0.717, 1.165) is 38.8 Å². The van der Waals surface area contributed by atoms with Crippen molar-refractivity contribution in [3.63, 3.8) is 0 Å². The van der Waals surface area contributed by atoms with E-state index in [9.17, 15) is 9.90 Å². The molecule has 2 N–H and O–H groups in total. The Kier molecular flexibility index (Phi) is 4.62. The third-order valence-electron chi connectivity index (χ3n) is 7.99. The number of aromatic nitrogens is 1. The molecule has 6 heteroatoms. The zero-order chi connectivity index (χ0) is 20.2. The zero-order valence-electron chi connectivity index (χ0n) is 17.3. The fourth-order valence-corrected chi connectivity index (χ4v) is 6.52. The molecule has 30 heavy (non-hydrogen) atoms. The largest absolute Gasteiger partial charge is 0.460 e. The lowest BCUT2D eigenvalue weighted by molar-refractivity contribution is -0.168. The summed E-state index contributed by atoms with van der Waals surface area (Å²) < 4.78 is 11.1. The third-order valence-corrected chi connectivity index (χ3v) is 7.99. The number of aromatic amines is 1. The topological polar surface area (TPSA) is 74.8 Å². The number of nitrogens with one attached hydrogen (secondary N) is 1. The molecule has 0 radical (unpaired) electrons. The quantitative estimate of drug-likeness (QED) is 0.745. The molecule has 2 saturated heterocycles. The molecule has 2 aromatic rings. The number of carbonyl (C=O) groups excluding carboxylic acids is 1. The molecule has 6 atom stereocenters. The van der Waals surface area contributed by atoms with Gasteiger partial charge in [-0.1, -0.05) is 18.2 Å². The van der Waals surface area contributed by atoms with Gasteiger partial charge in [-0.15, -0.1) is 0 Å². The van der Waals surface area contributed by atoms with Crippen LogP contribution in [0.1, 0.15) is 43.0 Å². The first kappa shape index (κ1) is 18.8. The number of hydrogen-bond donors (Lipinski definition) is 2. The summed E-state index contributed by atoms with van der Waals surface area (Å²) in [5.41, 5.74) is 3.95. The molecular weight excluding hydrogens is 380 g/mol. The van der Waals surface area contributed by atoms with E-state index in [-0.39, 0.29) is 24.0 Å². The molecule has 160 valence electrons. The van der Waals surface area contributed by atoms with Crippen molar-refractivity contribution in [2.45, 2.75) is 50.4 Å². The molecular formula is C24H30N2O4. The number of nitrogens with zero attached hydrogens (tertiary/aromatic N) is 1. The molecule has 4 aliphatic rings. The predicted molar refractivity (Wildman–Crippen MR) is 112 cm³/mol. The highest BCUT2D eigenvalue weighted by Crippen LogP contribution is 2.49. The average Bonchev–Trinajstić information content (AvgIpc) is 3.39. The fourth-order valence-electron chi connectivity index (χ4n) is 6.52. The number of benzene rings is 1. The average molecular weight is 411 g/mol. The number of fused-ring (bicyclic) bond motifs is 6. The normalized spacial score (nSPS) is 36.2.